The van der Waals surface area contributed by atoms with Gasteiger partial charge in [-0.1, -0.05) is 19.8 Å². The maximum atomic E-state index is 11.7. The molecule has 1 rings (SSSR count). The molecule has 1 aliphatic rings. The molecule has 0 aliphatic heterocycles. The number of hydrogen-bond acceptors (Lipinski definition) is 1. The van der Waals surface area contributed by atoms with Crippen molar-refractivity contribution in [3.63, 3.8) is 0 Å². The van der Waals surface area contributed by atoms with Crippen LogP contribution in [0.1, 0.15) is 46.5 Å². The van der Waals surface area contributed by atoms with Crippen molar-refractivity contribution in [3.05, 3.63) is 0 Å². The van der Waals surface area contributed by atoms with Gasteiger partial charge in [-0.3, -0.25) is 0 Å². The molecule has 0 unspecified atom stereocenters. The molecule has 0 heterocycles. The highest BCUT2D eigenvalue weighted by Crippen LogP contribution is 2.27. The Balaban J connectivity index is 2.21. The molecule has 0 radical (unpaired) electrons. The zero-order chi connectivity index (χ0) is 12.0. The highest BCUT2D eigenvalue weighted by atomic mass is 16.2. The van der Waals surface area contributed by atoms with E-state index in [1.807, 2.05) is 18.7 Å². The summed E-state index contributed by atoms with van der Waals surface area (Å²) in [5.74, 6) is 1.59. The molecular weight excluding hydrogens is 200 g/mol. The lowest BCUT2D eigenvalue weighted by Crippen LogP contribution is -2.42. The molecule has 16 heavy (non-hydrogen) atoms. The van der Waals surface area contributed by atoms with Gasteiger partial charge in [0.05, 0.1) is 0 Å². The molecule has 0 spiro atoms. The zero-order valence-corrected chi connectivity index (χ0v) is 11.0. The average Bonchev–Trinajstić information content (AvgIpc) is 2.30. The van der Waals surface area contributed by atoms with Crippen LogP contribution in [0.5, 0.6) is 0 Å². The number of amides is 2. The summed E-state index contributed by atoms with van der Waals surface area (Å²) in [4.78, 5) is 13.6. The fourth-order valence-corrected chi connectivity index (χ4v) is 2.39. The first kappa shape index (κ1) is 13.3. The van der Waals surface area contributed by atoms with Crippen LogP contribution in [0.25, 0.3) is 0 Å². The van der Waals surface area contributed by atoms with Gasteiger partial charge in [-0.15, -0.1) is 0 Å². The summed E-state index contributed by atoms with van der Waals surface area (Å²) >= 11 is 0. The molecule has 2 amide bonds. The number of hydrogen-bond donors (Lipinski definition) is 1. The van der Waals surface area contributed by atoms with Crippen molar-refractivity contribution in [1.82, 2.24) is 10.2 Å². The Morgan fingerprint density at radius 2 is 1.75 bits per heavy atom. The van der Waals surface area contributed by atoms with Crippen molar-refractivity contribution >= 4 is 6.03 Å². The first-order valence-corrected chi connectivity index (χ1v) is 6.70. The van der Waals surface area contributed by atoms with E-state index in [1.165, 1.54) is 25.7 Å². The maximum absolute atomic E-state index is 11.7. The normalized spacial score (nSPS) is 25.2. The number of rotatable bonds is 4. The van der Waals surface area contributed by atoms with Gasteiger partial charge in [-0.2, -0.15) is 0 Å². The molecule has 0 aromatic rings. The first-order valence-electron chi connectivity index (χ1n) is 6.70. The van der Waals surface area contributed by atoms with Gasteiger partial charge >= 0.3 is 6.03 Å². The highest BCUT2D eigenvalue weighted by Gasteiger charge is 2.19. The number of nitrogens with zero attached hydrogens (tertiary/aromatic N) is 1. The predicted molar refractivity (Wildman–Crippen MR) is 67.4 cm³/mol. The Hall–Kier alpha value is -0.730. The summed E-state index contributed by atoms with van der Waals surface area (Å²) in [5, 5.41) is 3.06. The van der Waals surface area contributed by atoms with E-state index < -0.39 is 0 Å². The standard InChI is InChI=1S/C13H26N2O/c1-4-15(5-2)13(16)14-10-12-8-6-11(3)7-9-12/h11-12H,4-10H2,1-3H3,(H,14,16). The van der Waals surface area contributed by atoms with Gasteiger partial charge < -0.3 is 10.2 Å². The Labute approximate surface area is 99.6 Å². The molecule has 0 bridgehead atoms. The third kappa shape index (κ3) is 4.03. The summed E-state index contributed by atoms with van der Waals surface area (Å²) in [6.45, 7) is 8.82. The molecule has 1 aliphatic carbocycles. The summed E-state index contributed by atoms with van der Waals surface area (Å²) in [7, 11) is 0. The third-order valence-electron chi connectivity index (χ3n) is 3.73. The quantitative estimate of drug-likeness (QED) is 0.785. The van der Waals surface area contributed by atoms with Gasteiger partial charge in [0.1, 0.15) is 0 Å². The van der Waals surface area contributed by atoms with E-state index in [1.54, 1.807) is 0 Å². The molecule has 1 fully saturated rings. The largest absolute Gasteiger partial charge is 0.338 e. The van der Waals surface area contributed by atoms with E-state index in [2.05, 4.69) is 12.2 Å². The van der Waals surface area contributed by atoms with Crippen LogP contribution in [0.3, 0.4) is 0 Å². The molecule has 94 valence electrons. The molecule has 1 N–H and O–H groups in total. The van der Waals surface area contributed by atoms with Crippen molar-refractivity contribution in [2.24, 2.45) is 11.8 Å². The van der Waals surface area contributed by atoms with Gasteiger partial charge in [0, 0.05) is 19.6 Å². The molecule has 0 aromatic heterocycles. The minimum atomic E-state index is 0.101. The smallest absolute Gasteiger partial charge is 0.317 e. The number of carbonyl (C=O) groups is 1. The van der Waals surface area contributed by atoms with E-state index in [0.29, 0.717) is 5.92 Å². The second-order valence-corrected chi connectivity index (χ2v) is 4.98. The van der Waals surface area contributed by atoms with Crippen LogP contribution in [0.15, 0.2) is 0 Å². The molecule has 0 saturated heterocycles. The zero-order valence-electron chi connectivity index (χ0n) is 11.0. The Morgan fingerprint density at radius 1 is 1.19 bits per heavy atom. The maximum Gasteiger partial charge on any atom is 0.317 e. The molecule has 3 nitrogen and oxygen atoms in total. The Bertz CT molecular complexity index is 206. The Kier molecular flexibility index (Phi) is 5.64. The van der Waals surface area contributed by atoms with Crippen molar-refractivity contribution in [2.75, 3.05) is 19.6 Å². The van der Waals surface area contributed by atoms with Crippen molar-refractivity contribution < 1.29 is 4.79 Å². The van der Waals surface area contributed by atoms with Gasteiger partial charge in [0.2, 0.25) is 0 Å². The second kappa shape index (κ2) is 6.77. The fourth-order valence-electron chi connectivity index (χ4n) is 2.39. The van der Waals surface area contributed by atoms with Crippen LogP contribution in [-0.4, -0.2) is 30.6 Å². The van der Waals surface area contributed by atoms with Crippen molar-refractivity contribution in [1.29, 1.82) is 0 Å². The highest BCUT2D eigenvalue weighted by molar-refractivity contribution is 5.74. The molecule has 0 aromatic carbocycles. The van der Waals surface area contributed by atoms with Crippen LogP contribution in [0.2, 0.25) is 0 Å². The van der Waals surface area contributed by atoms with Gasteiger partial charge in [-0.25, -0.2) is 4.79 Å². The lowest BCUT2D eigenvalue weighted by Gasteiger charge is -2.27. The van der Waals surface area contributed by atoms with E-state index in [9.17, 15) is 4.79 Å². The van der Waals surface area contributed by atoms with E-state index in [-0.39, 0.29) is 6.03 Å². The topological polar surface area (TPSA) is 32.3 Å². The third-order valence-corrected chi connectivity index (χ3v) is 3.73. The van der Waals surface area contributed by atoms with Crippen LogP contribution >= 0.6 is 0 Å². The van der Waals surface area contributed by atoms with E-state index >= 15 is 0 Å². The van der Waals surface area contributed by atoms with Crippen LogP contribution in [0.4, 0.5) is 4.79 Å². The monoisotopic (exact) mass is 226 g/mol. The van der Waals surface area contributed by atoms with Gasteiger partial charge in [-0.05, 0) is 38.5 Å². The number of urea groups is 1. The van der Waals surface area contributed by atoms with Gasteiger partial charge in [0.15, 0.2) is 0 Å². The lowest BCUT2D eigenvalue weighted by atomic mass is 9.83. The van der Waals surface area contributed by atoms with Crippen LogP contribution in [-0.2, 0) is 0 Å². The van der Waals surface area contributed by atoms with Crippen LogP contribution < -0.4 is 5.32 Å². The summed E-state index contributed by atoms with van der Waals surface area (Å²) in [6.07, 6.45) is 5.21. The summed E-state index contributed by atoms with van der Waals surface area (Å²) in [6, 6.07) is 0.101. The lowest BCUT2D eigenvalue weighted by molar-refractivity contribution is 0.197. The predicted octanol–water partition coefficient (Wildman–Crippen LogP) is 2.86. The van der Waals surface area contributed by atoms with E-state index in [0.717, 1.165) is 25.6 Å². The second-order valence-electron chi connectivity index (χ2n) is 4.98. The average molecular weight is 226 g/mol. The minimum absolute atomic E-state index is 0.101. The number of nitrogens with one attached hydrogen (secondary N) is 1. The molecular formula is C13H26N2O. The SMILES string of the molecule is CCN(CC)C(=O)NCC1CCC(C)CC1. The van der Waals surface area contributed by atoms with Crippen molar-refractivity contribution in [2.45, 2.75) is 46.5 Å². The molecule has 0 atom stereocenters. The van der Waals surface area contributed by atoms with Crippen molar-refractivity contribution in [3.8, 4) is 0 Å². The summed E-state index contributed by atoms with van der Waals surface area (Å²) in [5.41, 5.74) is 0. The molecule has 1 saturated carbocycles. The minimum Gasteiger partial charge on any atom is -0.338 e. The summed E-state index contributed by atoms with van der Waals surface area (Å²) < 4.78 is 0. The van der Waals surface area contributed by atoms with Crippen LogP contribution in [0, 0.1) is 11.8 Å². The Morgan fingerprint density at radius 3 is 2.25 bits per heavy atom. The van der Waals surface area contributed by atoms with Gasteiger partial charge in [0.25, 0.3) is 0 Å². The fraction of sp³-hybridized carbons (Fsp3) is 0.923. The first-order chi connectivity index (χ1) is 7.67. The number of carbonyl (C=O) groups excluding carboxylic acids is 1. The van der Waals surface area contributed by atoms with E-state index in [4.69, 9.17) is 0 Å². The molecule has 3 heteroatoms.